The first-order valence-corrected chi connectivity index (χ1v) is 7.20. The standard InChI is InChI=1S/C19H17N/c1-3-20-18-12-15-9-5-4-8-14(15)11-17(18)16-10-6-7-13(2)19(16)20/h4-12H,3H2,1-2H3. The number of fused-ring (bicyclic) bond motifs is 4. The van der Waals surface area contributed by atoms with Crippen LogP contribution in [0.15, 0.2) is 54.6 Å². The molecule has 3 aromatic carbocycles. The molecule has 0 saturated carbocycles. The highest BCUT2D eigenvalue weighted by molar-refractivity contribution is 6.13. The zero-order valence-corrected chi connectivity index (χ0v) is 11.9. The number of para-hydroxylation sites is 1. The van der Waals surface area contributed by atoms with Crippen LogP contribution in [-0.2, 0) is 6.54 Å². The fourth-order valence-corrected chi connectivity index (χ4v) is 3.35. The van der Waals surface area contributed by atoms with Crippen molar-refractivity contribution < 1.29 is 0 Å². The van der Waals surface area contributed by atoms with Crippen molar-refractivity contribution in [3.63, 3.8) is 0 Å². The summed E-state index contributed by atoms with van der Waals surface area (Å²) in [6.07, 6.45) is 0. The molecule has 1 heteroatoms. The van der Waals surface area contributed by atoms with Gasteiger partial charge in [0.1, 0.15) is 0 Å². The molecule has 4 rings (SSSR count). The second-order valence-electron chi connectivity index (χ2n) is 5.43. The van der Waals surface area contributed by atoms with Gasteiger partial charge < -0.3 is 4.57 Å². The fraction of sp³-hybridized carbons (Fsp3) is 0.158. The van der Waals surface area contributed by atoms with Crippen LogP contribution in [-0.4, -0.2) is 4.57 Å². The summed E-state index contributed by atoms with van der Waals surface area (Å²) in [7, 11) is 0. The minimum absolute atomic E-state index is 1.00. The number of hydrogen-bond donors (Lipinski definition) is 0. The number of nitrogens with zero attached hydrogens (tertiary/aromatic N) is 1. The molecule has 0 fully saturated rings. The van der Waals surface area contributed by atoms with Crippen LogP contribution in [0.4, 0.5) is 0 Å². The molecule has 0 amide bonds. The molecule has 4 aromatic rings. The molecule has 0 radical (unpaired) electrons. The molecule has 0 atom stereocenters. The Kier molecular flexibility index (Phi) is 2.37. The van der Waals surface area contributed by atoms with Crippen molar-refractivity contribution in [3.05, 3.63) is 60.2 Å². The maximum absolute atomic E-state index is 2.44. The van der Waals surface area contributed by atoms with Gasteiger partial charge in [0.2, 0.25) is 0 Å². The molecule has 0 unspecified atom stereocenters. The van der Waals surface area contributed by atoms with Crippen LogP contribution >= 0.6 is 0 Å². The van der Waals surface area contributed by atoms with Gasteiger partial charge in [0.05, 0.1) is 5.52 Å². The third kappa shape index (κ3) is 1.44. The number of aromatic nitrogens is 1. The van der Waals surface area contributed by atoms with E-state index in [2.05, 4.69) is 73.0 Å². The highest BCUT2D eigenvalue weighted by atomic mass is 15.0. The lowest BCUT2D eigenvalue weighted by Gasteiger charge is -2.05. The molecule has 1 nitrogen and oxygen atoms in total. The maximum atomic E-state index is 2.44. The van der Waals surface area contributed by atoms with Gasteiger partial charge in [-0.15, -0.1) is 0 Å². The molecular formula is C19H17N. The van der Waals surface area contributed by atoms with Gasteiger partial charge in [0.15, 0.2) is 0 Å². The molecule has 1 aromatic heterocycles. The highest BCUT2D eigenvalue weighted by Gasteiger charge is 2.11. The van der Waals surface area contributed by atoms with E-state index in [0.717, 1.165) is 6.54 Å². The third-order valence-corrected chi connectivity index (χ3v) is 4.27. The van der Waals surface area contributed by atoms with Gasteiger partial charge in [-0.25, -0.2) is 0 Å². The smallest absolute Gasteiger partial charge is 0.0520 e. The van der Waals surface area contributed by atoms with Crippen LogP contribution in [0.3, 0.4) is 0 Å². The first-order chi connectivity index (χ1) is 9.79. The average Bonchev–Trinajstić information content (AvgIpc) is 2.79. The Labute approximate surface area is 118 Å². The van der Waals surface area contributed by atoms with Gasteiger partial charge in [-0.2, -0.15) is 0 Å². The Balaban J connectivity index is 2.31. The van der Waals surface area contributed by atoms with Crippen molar-refractivity contribution in [1.82, 2.24) is 4.57 Å². The van der Waals surface area contributed by atoms with Crippen molar-refractivity contribution in [2.75, 3.05) is 0 Å². The summed E-state index contributed by atoms with van der Waals surface area (Å²) >= 11 is 0. The lowest BCUT2D eigenvalue weighted by atomic mass is 10.1. The minimum Gasteiger partial charge on any atom is -0.341 e. The van der Waals surface area contributed by atoms with Crippen molar-refractivity contribution in [2.45, 2.75) is 20.4 Å². The third-order valence-electron chi connectivity index (χ3n) is 4.27. The molecule has 0 bridgehead atoms. The van der Waals surface area contributed by atoms with Crippen LogP contribution in [0.25, 0.3) is 32.6 Å². The van der Waals surface area contributed by atoms with E-state index < -0.39 is 0 Å². The molecule has 0 saturated heterocycles. The van der Waals surface area contributed by atoms with Gasteiger partial charge in [-0.1, -0.05) is 42.5 Å². The second kappa shape index (κ2) is 4.11. The summed E-state index contributed by atoms with van der Waals surface area (Å²) in [6, 6.07) is 19.9. The summed E-state index contributed by atoms with van der Waals surface area (Å²) < 4.78 is 2.44. The Bertz CT molecular complexity index is 944. The number of benzene rings is 3. The van der Waals surface area contributed by atoms with E-state index in [1.807, 2.05) is 0 Å². The van der Waals surface area contributed by atoms with Crippen LogP contribution in [0.1, 0.15) is 12.5 Å². The summed E-state index contributed by atoms with van der Waals surface area (Å²) in [5.74, 6) is 0. The Morgan fingerprint density at radius 1 is 0.850 bits per heavy atom. The molecular weight excluding hydrogens is 242 g/mol. The molecule has 0 spiro atoms. The predicted octanol–water partition coefficient (Wildman–Crippen LogP) is 5.28. The first-order valence-electron chi connectivity index (χ1n) is 7.20. The van der Waals surface area contributed by atoms with Gasteiger partial charge in [0.25, 0.3) is 0 Å². The normalized spacial score (nSPS) is 11.7. The largest absolute Gasteiger partial charge is 0.341 e. The maximum Gasteiger partial charge on any atom is 0.0520 e. The Morgan fingerprint density at radius 2 is 1.60 bits per heavy atom. The topological polar surface area (TPSA) is 4.93 Å². The average molecular weight is 259 g/mol. The van der Waals surface area contributed by atoms with E-state index in [-0.39, 0.29) is 0 Å². The van der Waals surface area contributed by atoms with Gasteiger partial charge in [-0.3, -0.25) is 0 Å². The van der Waals surface area contributed by atoms with Gasteiger partial charge in [0, 0.05) is 22.8 Å². The first kappa shape index (κ1) is 11.5. The minimum atomic E-state index is 1.00. The zero-order valence-electron chi connectivity index (χ0n) is 11.9. The molecule has 98 valence electrons. The zero-order chi connectivity index (χ0) is 13.7. The van der Waals surface area contributed by atoms with E-state index in [0.29, 0.717) is 0 Å². The van der Waals surface area contributed by atoms with Crippen molar-refractivity contribution in [2.24, 2.45) is 0 Å². The Morgan fingerprint density at radius 3 is 2.35 bits per heavy atom. The van der Waals surface area contributed by atoms with Crippen LogP contribution < -0.4 is 0 Å². The van der Waals surface area contributed by atoms with Crippen molar-refractivity contribution >= 4 is 32.6 Å². The highest BCUT2D eigenvalue weighted by Crippen LogP contribution is 2.33. The van der Waals surface area contributed by atoms with E-state index in [1.165, 1.54) is 38.1 Å². The predicted molar refractivity (Wildman–Crippen MR) is 87.4 cm³/mol. The van der Waals surface area contributed by atoms with E-state index >= 15 is 0 Å². The van der Waals surface area contributed by atoms with E-state index in [4.69, 9.17) is 0 Å². The summed E-state index contributed by atoms with van der Waals surface area (Å²) in [4.78, 5) is 0. The molecule has 1 heterocycles. The lowest BCUT2D eigenvalue weighted by Crippen LogP contribution is -1.94. The quantitative estimate of drug-likeness (QED) is 0.438. The monoisotopic (exact) mass is 259 g/mol. The summed E-state index contributed by atoms with van der Waals surface area (Å²) in [5.41, 5.74) is 4.07. The fourth-order valence-electron chi connectivity index (χ4n) is 3.35. The van der Waals surface area contributed by atoms with Crippen molar-refractivity contribution in [1.29, 1.82) is 0 Å². The summed E-state index contributed by atoms with van der Waals surface area (Å²) in [6.45, 7) is 5.43. The Hall–Kier alpha value is -2.28. The SMILES string of the molecule is CCn1c2cc3ccccc3cc2c2cccc(C)c21. The van der Waals surface area contributed by atoms with Crippen LogP contribution in [0, 0.1) is 6.92 Å². The molecule has 0 N–H and O–H groups in total. The summed E-state index contributed by atoms with van der Waals surface area (Å²) in [5, 5.41) is 5.36. The van der Waals surface area contributed by atoms with Crippen LogP contribution in [0.5, 0.6) is 0 Å². The second-order valence-corrected chi connectivity index (χ2v) is 5.43. The van der Waals surface area contributed by atoms with E-state index in [9.17, 15) is 0 Å². The van der Waals surface area contributed by atoms with Gasteiger partial charge in [-0.05, 0) is 42.3 Å². The number of hydrogen-bond acceptors (Lipinski definition) is 0. The molecule has 0 aliphatic carbocycles. The van der Waals surface area contributed by atoms with Crippen LogP contribution in [0.2, 0.25) is 0 Å². The van der Waals surface area contributed by atoms with Gasteiger partial charge >= 0.3 is 0 Å². The lowest BCUT2D eigenvalue weighted by molar-refractivity contribution is 0.825. The van der Waals surface area contributed by atoms with Crippen molar-refractivity contribution in [3.8, 4) is 0 Å². The molecule has 0 aliphatic rings. The number of rotatable bonds is 1. The van der Waals surface area contributed by atoms with E-state index in [1.54, 1.807) is 0 Å². The number of aryl methyl sites for hydroxylation is 2. The molecule has 0 aliphatic heterocycles. The molecule has 20 heavy (non-hydrogen) atoms.